The molecule has 1 heterocycles. The molecule has 1 unspecified atom stereocenters. The SMILES string of the molecule is CCN1C(=S)N/C(=C\c2ccccc2)C1(O)c1ccccc1. The highest BCUT2D eigenvalue weighted by Crippen LogP contribution is 2.37. The van der Waals surface area contributed by atoms with Crippen LogP contribution in [0.4, 0.5) is 0 Å². The summed E-state index contributed by atoms with van der Waals surface area (Å²) in [5, 5.41) is 15.1. The van der Waals surface area contributed by atoms with Crippen LogP contribution in [0.5, 0.6) is 0 Å². The van der Waals surface area contributed by atoms with Crippen LogP contribution < -0.4 is 5.32 Å². The standard InChI is InChI=1S/C18H18N2OS/c1-2-20-17(22)19-16(13-14-9-5-3-6-10-14)18(20,21)15-11-7-4-8-12-15/h3-13,21H,2H2,1H3,(H,19,22)/b16-13-. The molecule has 3 rings (SSSR count). The topological polar surface area (TPSA) is 35.5 Å². The summed E-state index contributed by atoms with van der Waals surface area (Å²) in [5.41, 5.74) is 1.23. The maximum atomic E-state index is 11.4. The van der Waals surface area contributed by atoms with Crippen molar-refractivity contribution in [1.82, 2.24) is 10.2 Å². The summed E-state index contributed by atoms with van der Waals surface area (Å²) < 4.78 is 0. The number of thiocarbonyl (C=S) groups is 1. The number of likely N-dealkylation sites (N-methyl/N-ethyl adjacent to an activating group) is 1. The van der Waals surface area contributed by atoms with Crippen molar-refractivity contribution in [3.63, 3.8) is 0 Å². The molecule has 0 bridgehead atoms. The largest absolute Gasteiger partial charge is 0.362 e. The Morgan fingerprint density at radius 2 is 1.68 bits per heavy atom. The molecule has 2 aromatic carbocycles. The maximum Gasteiger partial charge on any atom is 0.208 e. The Balaban J connectivity index is 2.13. The van der Waals surface area contributed by atoms with Crippen LogP contribution in [-0.2, 0) is 5.72 Å². The van der Waals surface area contributed by atoms with Crippen molar-refractivity contribution in [1.29, 1.82) is 0 Å². The average molecular weight is 310 g/mol. The molecule has 0 radical (unpaired) electrons. The molecule has 0 saturated carbocycles. The van der Waals surface area contributed by atoms with E-state index in [-0.39, 0.29) is 0 Å². The predicted octanol–water partition coefficient (Wildman–Crippen LogP) is 3.08. The number of aliphatic hydroxyl groups is 1. The number of nitrogens with one attached hydrogen (secondary N) is 1. The van der Waals surface area contributed by atoms with Crippen molar-refractivity contribution in [2.24, 2.45) is 0 Å². The second kappa shape index (κ2) is 5.91. The lowest BCUT2D eigenvalue weighted by molar-refractivity contribution is -0.0257. The van der Waals surface area contributed by atoms with E-state index in [1.54, 1.807) is 4.90 Å². The predicted molar refractivity (Wildman–Crippen MR) is 92.9 cm³/mol. The second-order valence-corrected chi connectivity index (χ2v) is 5.57. The molecule has 112 valence electrons. The van der Waals surface area contributed by atoms with E-state index in [4.69, 9.17) is 12.2 Å². The minimum absolute atomic E-state index is 0.538. The molecule has 1 saturated heterocycles. The number of hydrogen-bond donors (Lipinski definition) is 2. The first-order valence-corrected chi connectivity index (χ1v) is 7.71. The van der Waals surface area contributed by atoms with Crippen LogP contribution in [0.2, 0.25) is 0 Å². The van der Waals surface area contributed by atoms with E-state index in [0.29, 0.717) is 17.4 Å². The van der Waals surface area contributed by atoms with Gasteiger partial charge in [0.25, 0.3) is 0 Å². The van der Waals surface area contributed by atoms with Crippen LogP contribution in [-0.4, -0.2) is 21.7 Å². The molecule has 0 spiro atoms. The molecule has 3 nitrogen and oxygen atoms in total. The Kier molecular flexibility index (Phi) is 3.96. The van der Waals surface area contributed by atoms with Gasteiger partial charge in [-0.3, -0.25) is 0 Å². The average Bonchev–Trinajstić information content (AvgIpc) is 2.80. The Bertz CT molecular complexity index is 700. The molecular formula is C18H18N2OS. The van der Waals surface area contributed by atoms with E-state index in [2.05, 4.69) is 5.32 Å². The summed E-state index contributed by atoms with van der Waals surface area (Å²) in [4.78, 5) is 1.80. The van der Waals surface area contributed by atoms with Crippen LogP contribution in [0.25, 0.3) is 6.08 Å². The van der Waals surface area contributed by atoms with Gasteiger partial charge in [0.05, 0.1) is 5.70 Å². The third-order valence-corrected chi connectivity index (χ3v) is 4.18. The van der Waals surface area contributed by atoms with Gasteiger partial charge in [0.1, 0.15) is 0 Å². The van der Waals surface area contributed by atoms with Gasteiger partial charge in [0, 0.05) is 12.1 Å². The summed E-state index contributed by atoms with van der Waals surface area (Å²) >= 11 is 5.40. The minimum Gasteiger partial charge on any atom is -0.362 e. The fourth-order valence-corrected chi connectivity index (χ4v) is 3.14. The molecule has 0 aliphatic carbocycles. The Morgan fingerprint density at radius 1 is 1.09 bits per heavy atom. The van der Waals surface area contributed by atoms with Crippen molar-refractivity contribution >= 4 is 23.4 Å². The zero-order chi connectivity index (χ0) is 15.6. The Labute approximate surface area is 135 Å². The van der Waals surface area contributed by atoms with Crippen LogP contribution in [0, 0.1) is 0 Å². The number of benzene rings is 2. The lowest BCUT2D eigenvalue weighted by atomic mass is 9.97. The van der Waals surface area contributed by atoms with Crippen molar-refractivity contribution in [3.05, 3.63) is 77.5 Å². The second-order valence-electron chi connectivity index (χ2n) is 5.18. The molecule has 1 fully saturated rings. The van der Waals surface area contributed by atoms with Gasteiger partial charge in [0.15, 0.2) is 5.11 Å². The van der Waals surface area contributed by atoms with Gasteiger partial charge in [-0.1, -0.05) is 60.7 Å². The van der Waals surface area contributed by atoms with Gasteiger partial charge < -0.3 is 15.3 Å². The maximum absolute atomic E-state index is 11.4. The van der Waals surface area contributed by atoms with Gasteiger partial charge in [0.2, 0.25) is 5.72 Å². The Hall–Kier alpha value is -2.17. The fourth-order valence-electron chi connectivity index (χ4n) is 2.77. The number of nitrogens with zero attached hydrogens (tertiary/aromatic N) is 1. The van der Waals surface area contributed by atoms with Crippen molar-refractivity contribution < 1.29 is 5.11 Å². The quantitative estimate of drug-likeness (QED) is 0.854. The zero-order valence-corrected chi connectivity index (χ0v) is 13.2. The first-order chi connectivity index (χ1) is 10.7. The normalized spacial score (nSPS) is 22.9. The summed E-state index contributed by atoms with van der Waals surface area (Å²) in [6, 6.07) is 19.5. The highest BCUT2D eigenvalue weighted by molar-refractivity contribution is 7.80. The molecule has 2 aromatic rings. The minimum atomic E-state index is -1.26. The van der Waals surface area contributed by atoms with E-state index in [1.807, 2.05) is 73.7 Å². The van der Waals surface area contributed by atoms with Crippen molar-refractivity contribution in [2.75, 3.05) is 6.54 Å². The van der Waals surface area contributed by atoms with Gasteiger partial charge >= 0.3 is 0 Å². The lowest BCUT2D eigenvalue weighted by Crippen LogP contribution is -2.43. The molecule has 1 atom stereocenters. The summed E-state index contributed by atoms with van der Waals surface area (Å²) in [6.45, 7) is 2.59. The van der Waals surface area contributed by atoms with E-state index in [1.165, 1.54) is 0 Å². The van der Waals surface area contributed by atoms with Crippen LogP contribution in [0.3, 0.4) is 0 Å². The lowest BCUT2D eigenvalue weighted by Gasteiger charge is -2.33. The molecule has 0 amide bonds. The first kappa shape index (κ1) is 14.8. The Morgan fingerprint density at radius 3 is 2.27 bits per heavy atom. The smallest absolute Gasteiger partial charge is 0.208 e. The molecular weight excluding hydrogens is 292 g/mol. The third kappa shape index (κ3) is 2.40. The summed E-state index contributed by atoms with van der Waals surface area (Å²) in [7, 11) is 0. The fraction of sp³-hybridized carbons (Fsp3) is 0.167. The van der Waals surface area contributed by atoms with Gasteiger partial charge in [-0.2, -0.15) is 0 Å². The van der Waals surface area contributed by atoms with E-state index < -0.39 is 5.72 Å². The molecule has 1 aliphatic heterocycles. The summed E-state index contributed by atoms with van der Waals surface area (Å²) in [5.74, 6) is 0. The highest BCUT2D eigenvalue weighted by atomic mass is 32.1. The number of hydrogen-bond acceptors (Lipinski definition) is 2. The molecule has 0 aromatic heterocycles. The van der Waals surface area contributed by atoms with E-state index in [9.17, 15) is 5.11 Å². The molecule has 1 aliphatic rings. The molecule has 2 N–H and O–H groups in total. The number of rotatable bonds is 3. The molecule has 22 heavy (non-hydrogen) atoms. The zero-order valence-electron chi connectivity index (χ0n) is 12.4. The van der Waals surface area contributed by atoms with Crippen LogP contribution >= 0.6 is 12.2 Å². The van der Waals surface area contributed by atoms with Gasteiger partial charge in [-0.15, -0.1) is 0 Å². The monoisotopic (exact) mass is 310 g/mol. The third-order valence-electron chi connectivity index (χ3n) is 3.86. The van der Waals surface area contributed by atoms with Crippen molar-refractivity contribution in [3.8, 4) is 0 Å². The molecule has 4 heteroatoms. The van der Waals surface area contributed by atoms with Gasteiger partial charge in [-0.25, -0.2) is 0 Å². The van der Waals surface area contributed by atoms with Crippen LogP contribution in [0.15, 0.2) is 66.4 Å². The van der Waals surface area contributed by atoms with E-state index in [0.717, 1.165) is 11.1 Å². The van der Waals surface area contributed by atoms with Crippen molar-refractivity contribution in [2.45, 2.75) is 12.6 Å². The van der Waals surface area contributed by atoms with Gasteiger partial charge in [-0.05, 0) is 30.8 Å². The summed E-state index contributed by atoms with van der Waals surface area (Å²) in [6.07, 6.45) is 1.94. The van der Waals surface area contributed by atoms with Crippen LogP contribution in [0.1, 0.15) is 18.1 Å². The first-order valence-electron chi connectivity index (χ1n) is 7.30. The van der Waals surface area contributed by atoms with E-state index >= 15 is 0 Å². The highest BCUT2D eigenvalue weighted by Gasteiger charge is 2.46.